The number of hydrogen-bond acceptors (Lipinski definition) is 1. The Kier molecular flexibility index (Phi) is 1.85. The lowest BCUT2D eigenvalue weighted by atomic mass is 9.90. The summed E-state index contributed by atoms with van der Waals surface area (Å²) in [5, 5.41) is 1.41. The summed E-state index contributed by atoms with van der Waals surface area (Å²) in [5.74, 6) is 0. The second-order valence-corrected chi connectivity index (χ2v) is 4.95. The van der Waals surface area contributed by atoms with Gasteiger partial charge in [0.05, 0.1) is 23.3 Å². The smallest absolute Gasteiger partial charge is 0.0720 e. The van der Waals surface area contributed by atoms with Gasteiger partial charge in [0, 0.05) is 5.41 Å². The molecule has 0 amide bonds. The molecular formula is C11H10Cl2O. The molecule has 1 nitrogen and oxygen atoms in total. The normalized spacial score (nSPS) is 22.1. The number of halogens is 2. The van der Waals surface area contributed by atoms with Crippen LogP contribution in [0.5, 0.6) is 0 Å². The van der Waals surface area contributed by atoms with E-state index >= 15 is 0 Å². The van der Waals surface area contributed by atoms with E-state index < -0.39 is 0 Å². The minimum absolute atomic E-state index is 0.204. The van der Waals surface area contributed by atoms with Crippen LogP contribution in [0.2, 0.25) is 10.0 Å². The summed E-state index contributed by atoms with van der Waals surface area (Å²) in [6.07, 6.45) is 2.36. The molecule has 1 spiro atoms. The Morgan fingerprint density at radius 3 is 2.71 bits per heavy atom. The molecule has 14 heavy (non-hydrogen) atoms. The van der Waals surface area contributed by atoms with Gasteiger partial charge in [0.2, 0.25) is 0 Å². The van der Waals surface area contributed by atoms with Crippen molar-refractivity contribution in [2.24, 2.45) is 0 Å². The fraction of sp³-hybridized carbons (Fsp3) is 0.455. The van der Waals surface area contributed by atoms with Crippen LogP contribution in [0.1, 0.15) is 24.0 Å². The van der Waals surface area contributed by atoms with Gasteiger partial charge in [-0.05, 0) is 30.0 Å². The van der Waals surface area contributed by atoms with E-state index in [9.17, 15) is 0 Å². The Labute approximate surface area is 93.0 Å². The highest BCUT2D eigenvalue weighted by atomic mass is 35.5. The molecule has 3 rings (SSSR count). The number of rotatable bonds is 0. The van der Waals surface area contributed by atoms with E-state index in [0.717, 1.165) is 11.6 Å². The number of benzene rings is 1. The second-order valence-electron chi connectivity index (χ2n) is 4.17. The van der Waals surface area contributed by atoms with Gasteiger partial charge in [0.15, 0.2) is 0 Å². The highest BCUT2D eigenvalue weighted by Gasteiger charge is 2.49. The van der Waals surface area contributed by atoms with Gasteiger partial charge in [-0.15, -0.1) is 0 Å². The Hall–Kier alpha value is -0.240. The molecule has 0 saturated heterocycles. The van der Waals surface area contributed by atoms with Crippen LogP contribution in [-0.2, 0) is 16.8 Å². The third-order valence-electron chi connectivity index (χ3n) is 3.20. The van der Waals surface area contributed by atoms with Crippen molar-refractivity contribution in [3.05, 3.63) is 33.3 Å². The molecule has 1 aromatic carbocycles. The van der Waals surface area contributed by atoms with Gasteiger partial charge in [0.1, 0.15) is 0 Å². The minimum Gasteiger partial charge on any atom is -0.376 e. The van der Waals surface area contributed by atoms with Gasteiger partial charge in [-0.25, -0.2) is 0 Å². The molecule has 2 aliphatic rings. The van der Waals surface area contributed by atoms with Crippen LogP contribution in [0.4, 0.5) is 0 Å². The van der Waals surface area contributed by atoms with Crippen molar-refractivity contribution in [3.8, 4) is 0 Å². The van der Waals surface area contributed by atoms with Gasteiger partial charge < -0.3 is 4.74 Å². The number of fused-ring (bicyclic) bond motifs is 2. The van der Waals surface area contributed by atoms with Crippen LogP contribution >= 0.6 is 23.2 Å². The van der Waals surface area contributed by atoms with Gasteiger partial charge in [-0.2, -0.15) is 0 Å². The molecule has 0 radical (unpaired) electrons. The summed E-state index contributed by atoms with van der Waals surface area (Å²) >= 11 is 12.3. The first-order chi connectivity index (χ1) is 6.73. The van der Waals surface area contributed by atoms with Gasteiger partial charge in [0.25, 0.3) is 0 Å². The Balaban J connectivity index is 2.24. The molecule has 1 heterocycles. The molecule has 0 N–H and O–H groups in total. The largest absolute Gasteiger partial charge is 0.376 e. The lowest BCUT2D eigenvalue weighted by molar-refractivity contribution is 0.0839. The summed E-state index contributed by atoms with van der Waals surface area (Å²) in [7, 11) is 0. The molecule has 0 unspecified atom stereocenters. The summed E-state index contributed by atoms with van der Waals surface area (Å²) in [6.45, 7) is 1.48. The molecule has 0 bridgehead atoms. The first kappa shape index (κ1) is 9.02. The summed E-state index contributed by atoms with van der Waals surface area (Å²) in [4.78, 5) is 0. The van der Waals surface area contributed by atoms with E-state index in [-0.39, 0.29) is 5.41 Å². The van der Waals surface area contributed by atoms with Gasteiger partial charge in [-0.1, -0.05) is 29.3 Å². The zero-order chi connectivity index (χ0) is 9.76. The highest BCUT2D eigenvalue weighted by molar-refractivity contribution is 6.42. The van der Waals surface area contributed by atoms with Crippen LogP contribution in [-0.4, -0.2) is 6.61 Å². The first-order valence-corrected chi connectivity index (χ1v) is 5.54. The Morgan fingerprint density at radius 1 is 1.21 bits per heavy atom. The Bertz CT molecular complexity index is 397. The molecular weight excluding hydrogens is 219 g/mol. The summed E-state index contributed by atoms with van der Waals surface area (Å²) < 4.78 is 5.57. The molecule has 0 aromatic heterocycles. The van der Waals surface area contributed by atoms with Crippen LogP contribution in [0.3, 0.4) is 0 Å². The minimum atomic E-state index is 0.204. The summed E-state index contributed by atoms with van der Waals surface area (Å²) in [5.41, 5.74) is 2.66. The van der Waals surface area contributed by atoms with E-state index in [1.807, 2.05) is 12.1 Å². The standard InChI is InChI=1S/C11H10Cl2O/c12-8-2-1-7-5-14-6-11(3-4-11)9(7)10(8)13/h1-2H,3-6H2. The van der Waals surface area contributed by atoms with Crippen molar-refractivity contribution in [1.29, 1.82) is 0 Å². The quantitative estimate of drug-likeness (QED) is 0.660. The van der Waals surface area contributed by atoms with Crippen molar-refractivity contribution in [1.82, 2.24) is 0 Å². The maximum absolute atomic E-state index is 6.25. The third-order valence-corrected chi connectivity index (χ3v) is 4.01. The first-order valence-electron chi connectivity index (χ1n) is 4.78. The number of ether oxygens (including phenoxy) is 1. The monoisotopic (exact) mass is 228 g/mol. The lowest BCUT2D eigenvalue weighted by Gasteiger charge is -2.26. The fourth-order valence-corrected chi connectivity index (χ4v) is 2.80. The van der Waals surface area contributed by atoms with Crippen molar-refractivity contribution in [2.75, 3.05) is 6.61 Å². The van der Waals surface area contributed by atoms with Gasteiger partial charge in [-0.3, -0.25) is 0 Å². The lowest BCUT2D eigenvalue weighted by Crippen LogP contribution is -2.23. The van der Waals surface area contributed by atoms with E-state index in [1.165, 1.54) is 24.0 Å². The van der Waals surface area contributed by atoms with Crippen LogP contribution in [0, 0.1) is 0 Å². The molecule has 1 saturated carbocycles. The van der Waals surface area contributed by atoms with E-state index in [0.29, 0.717) is 11.6 Å². The molecule has 1 aliphatic heterocycles. The number of hydrogen-bond donors (Lipinski definition) is 0. The van der Waals surface area contributed by atoms with Crippen molar-refractivity contribution in [3.63, 3.8) is 0 Å². The van der Waals surface area contributed by atoms with Crippen molar-refractivity contribution >= 4 is 23.2 Å². The third kappa shape index (κ3) is 1.13. The van der Waals surface area contributed by atoms with Crippen LogP contribution < -0.4 is 0 Å². The van der Waals surface area contributed by atoms with E-state index in [1.54, 1.807) is 0 Å². The van der Waals surface area contributed by atoms with E-state index in [4.69, 9.17) is 27.9 Å². The maximum Gasteiger partial charge on any atom is 0.0720 e. The predicted octanol–water partition coefficient (Wildman–Crippen LogP) is 3.56. The molecule has 1 aliphatic carbocycles. The topological polar surface area (TPSA) is 9.23 Å². The molecule has 0 atom stereocenters. The molecule has 1 aromatic rings. The van der Waals surface area contributed by atoms with Crippen LogP contribution in [0.15, 0.2) is 12.1 Å². The van der Waals surface area contributed by atoms with Gasteiger partial charge >= 0.3 is 0 Å². The molecule has 74 valence electrons. The highest BCUT2D eigenvalue weighted by Crippen LogP contribution is 2.54. The van der Waals surface area contributed by atoms with Crippen LogP contribution in [0.25, 0.3) is 0 Å². The SMILES string of the molecule is Clc1ccc2c(c1Cl)C1(CC1)COC2. The molecule has 1 fully saturated rings. The molecule has 3 heteroatoms. The summed E-state index contributed by atoms with van der Waals surface area (Å²) in [6, 6.07) is 3.89. The average molecular weight is 229 g/mol. The van der Waals surface area contributed by atoms with E-state index in [2.05, 4.69) is 0 Å². The zero-order valence-corrected chi connectivity index (χ0v) is 9.16. The Morgan fingerprint density at radius 2 is 2.00 bits per heavy atom. The average Bonchev–Trinajstić information content (AvgIpc) is 2.92. The zero-order valence-electron chi connectivity index (χ0n) is 7.65. The van der Waals surface area contributed by atoms with Crippen molar-refractivity contribution in [2.45, 2.75) is 24.9 Å². The fourth-order valence-electron chi connectivity index (χ4n) is 2.26. The van der Waals surface area contributed by atoms with Crippen molar-refractivity contribution < 1.29 is 4.74 Å². The second kappa shape index (κ2) is 2.88. The maximum atomic E-state index is 6.25. The predicted molar refractivity (Wildman–Crippen MR) is 57.0 cm³/mol.